The molecule has 2 N–H and O–H groups in total. The van der Waals surface area contributed by atoms with Gasteiger partial charge in [0.15, 0.2) is 10.7 Å². The summed E-state index contributed by atoms with van der Waals surface area (Å²) in [4.78, 5) is 26.0. The lowest BCUT2D eigenvalue weighted by Gasteiger charge is -2.04. The van der Waals surface area contributed by atoms with Gasteiger partial charge in [-0.25, -0.2) is 14.2 Å². The highest BCUT2D eigenvalue weighted by Crippen LogP contribution is 2.21. The third-order valence-corrected chi connectivity index (χ3v) is 3.43. The van der Waals surface area contributed by atoms with Gasteiger partial charge in [0.1, 0.15) is 5.82 Å². The van der Waals surface area contributed by atoms with Crippen molar-refractivity contribution in [3.05, 3.63) is 44.6 Å². The average molecular weight is 345 g/mol. The molecule has 2 aromatic rings. The monoisotopic (exact) mass is 344 g/mol. The van der Waals surface area contributed by atoms with E-state index in [4.69, 9.17) is 5.11 Å². The molecule has 0 aliphatic heterocycles. The van der Waals surface area contributed by atoms with Crippen LogP contribution in [-0.2, 0) is 0 Å². The Morgan fingerprint density at radius 2 is 2.16 bits per heavy atom. The minimum absolute atomic E-state index is 0.00792. The molecule has 0 bridgehead atoms. The van der Waals surface area contributed by atoms with Crippen LogP contribution in [0.15, 0.2) is 28.1 Å². The van der Waals surface area contributed by atoms with Crippen molar-refractivity contribution >= 4 is 44.8 Å². The number of amides is 1. The first-order chi connectivity index (χ1) is 8.97. The number of aromatic carboxylic acids is 1. The van der Waals surface area contributed by atoms with Gasteiger partial charge < -0.3 is 10.4 Å². The zero-order valence-electron chi connectivity index (χ0n) is 9.18. The highest BCUT2D eigenvalue weighted by Gasteiger charge is 2.16. The lowest BCUT2D eigenvalue weighted by atomic mass is 10.3. The number of thiazole rings is 1. The summed E-state index contributed by atoms with van der Waals surface area (Å²) in [5.74, 6) is -2.47. The van der Waals surface area contributed by atoms with Crippen LogP contribution >= 0.6 is 27.3 Å². The van der Waals surface area contributed by atoms with Gasteiger partial charge in [-0.1, -0.05) is 15.9 Å². The molecule has 1 aromatic heterocycles. The molecule has 0 atom stereocenters. The van der Waals surface area contributed by atoms with E-state index in [2.05, 4.69) is 26.2 Å². The summed E-state index contributed by atoms with van der Waals surface area (Å²) in [5, 5.41) is 12.2. The van der Waals surface area contributed by atoms with Crippen molar-refractivity contribution in [3.63, 3.8) is 0 Å². The second kappa shape index (κ2) is 5.45. The molecular weight excluding hydrogens is 339 g/mol. The summed E-state index contributed by atoms with van der Waals surface area (Å²) >= 11 is 4.03. The van der Waals surface area contributed by atoms with Gasteiger partial charge in [-0.05, 0) is 18.2 Å². The number of carbonyl (C=O) groups excluding carboxylic acids is 1. The fourth-order valence-electron chi connectivity index (χ4n) is 1.25. The zero-order valence-corrected chi connectivity index (χ0v) is 11.6. The van der Waals surface area contributed by atoms with Crippen molar-refractivity contribution in [2.24, 2.45) is 0 Å². The molecule has 0 saturated carbocycles. The Morgan fingerprint density at radius 1 is 1.42 bits per heavy atom. The van der Waals surface area contributed by atoms with Crippen molar-refractivity contribution < 1.29 is 19.1 Å². The van der Waals surface area contributed by atoms with Crippen LogP contribution in [-0.4, -0.2) is 22.0 Å². The largest absolute Gasteiger partial charge is 0.476 e. The molecule has 2 rings (SSSR count). The highest BCUT2D eigenvalue weighted by atomic mass is 79.9. The number of carbonyl (C=O) groups is 2. The summed E-state index contributed by atoms with van der Waals surface area (Å²) in [5.41, 5.74) is -0.226. The molecule has 19 heavy (non-hydrogen) atoms. The molecule has 5 nitrogen and oxygen atoms in total. The predicted octanol–water partition coefficient (Wildman–Crippen LogP) is 3.00. The zero-order chi connectivity index (χ0) is 14.0. The second-order valence-corrected chi connectivity index (χ2v) is 5.20. The van der Waals surface area contributed by atoms with Crippen LogP contribution in [0.5, 0.6) is 0 Å². The summed E-state index contributed by atoms with van der Waals surface area (Å²) in [7, 11) is 0. The molecule has 0 unspecified atom stereocenters. The van der Waals surface area contributed by atoms with Gasteiger partial charge in [-0.15, -0.1) is 11.3 Å². The first kappa shape index (κ1) is 13.6. The number of aromatic nitrogens is 1. The number of carboxylic acid groups (broad SMARTS) is 1. The first-order valence-electron chi connectivity index (χ1n) is 4.92. The lowest BCUT2D eigenvalue weighted by Crippen LogP contribution is -2.13. The van der Waals surface area contributed by atoms with Crippen molar-refractivity contribution in [1.29, 1.82) is 0 Å². The maximum Gasteiger partial charge on any atom is 0.355 e. The summed E-state index contributed by atoms with van der Waals surface area (Å²) in [6, 6.07) is 4.10. The Balaban J connectivity index is 2.20. The van der Waals surface area contributed by atoms with E-state index in [1.807, 2.05) is 0 Å². The van der Waals surface area contributed by atoms with Crippen LogP contribution < -0.4 is 5.32 Å². The normalized spacial score (nSPS) is 10.2. The fourth-order valence-corrected chi connectivity index (χ4v) is 2.29. The number of hydrogen-bond acceptors (Lipinski definition) is 4. The number of nitrogens with zero attached hydrogens (tertiary/aromatic N) is 1. The van der Waals surface area contributed by atoms with Gasteiger partial charge in [0.05, 0.1) is 5.69 Å². The molecule has 0 radical (unpaired) electrons. The number of anilines is 1. The molecule has 0 spiro atoms. The van der Waals surface area contributed by atoms with Crippen molar-refractivity contribution in [2.75, 3.05) is 5.32 Å². The van der Waals surface area contributed by atoms with E-state index in [0.29, 0.717) is 4.47 Å². The van der Waals surface area contributed by atoms with E-state index >= 15 is 0 Å². The number of nitrogens with one attached hydrogen (secondary N) is 1. The van der Waals surface area contributed by atoms with E-state index in [0.717, 1.165) is 11.3 Å². The number of hydrogen-bond donors (Lipinski definition) is 2. The van der Waals surface area contributed by atoms with E-state index in [9.17, 15) is 14.0 Å². The summed E-state index contributed by atoms with van der Waals surface area (Å²) < 4.78 is 14.0. The quantitative estimate of drug-likeness (QED) is 0.896. The third kappa shape index (κ3) is 3.15. The maximum atomic E-state index is 13.4. The molecule has 8 heteroatoms. The van der Waals surface area contributed by atoms with Gasteiger partial charge in [-0.2, -0.15) is 0 Å². The molecule has 0 saturated heterocycles. The molecule has 0 fully saturated rings. The van der Waals surface area contributed by atoms with Gasteiger partial charge in [0.2, 0.25) is 0 Å². The number of carboxylic acids is 1. The lowest BCUT2D eigenvalue weighted by molar-refractivity contribution is 0.0691. The second-order valence-electron chi connectivity index (χ2n) is 3.42. The van der Waals surface area contributed by atoms with Crippen LogP contribution in [0.2, 0.25) is 0 Å². The minimum atomic E-state index is -1.22. The summed E-state index contributed by atoms with van der Waals surface area (Å²) in [6.07, 6.45) is 0. The van der Waals surface area contributed by atoms with E-state index in [-0.39, 0.29) is 16.4 Å². The van der Waals surface area contributed by atoms with Gasteiger partial charge in [0.25, 0.3) is 5.91 Å². The van der Waals surface area contributed by atoms with E-state index in [1.54, 1.807) is 0 Å². The third-order valence-electron chi connectivity index (χ3n) is 2.09. The molecule has 0 aliphatic rings. The van der Waals surface area contributed by atoms with Gasteiger partial charge in [-0.3, -0.25) is 4.79 Å². The molecule has 1 aromatic carbocycles. The predicted molar refractivity (Wildman–Crippen MR) is 71.1 cm³/mol. The van der Waals surface area contributed by atoms with Crippen molar-refractivity contribution in [3.8, 4) is 0 Å². The SMILES string of the molecule is O=C(O)c1csc(C(=O)Nc2cc(Br)ccc2F)n1. The number of rotatable bonds is 3. The Hall–Kier alpha value is -1.80. The summed E-state index contributed by atoms with van der Waals surface area (Å²) in [6.45, 7) is 0. The van der Waals surface area contributed by atoms with E-state index in [1.165, 1.54) is 23.6 Å². The fraction of sp³-hybridized carbons (Fsp3) is 0. The van der Waals surface area contributed by atoms with E-state index < -0.39 is 17.7 Å². The maximum absolute atomic E-state index is 13.4. The van der Waals surface area contributed by atoms with Crippen molar-refractivity contribution in [2.45, 2.75) is 0 Å². The molecule has 1 amide bonds. The van der Waals surface area contributed by atoms with Crippen LogP contribution in [0.4, 0.5) is 10.1 Å². The standard InChI is InChI=1S/C11H6BrFN2O3S/c12-5-1-2-6(13)7(3-5)14-9(16)10-15-8(4-19-10)11(17)18/h1-4H,(H,14,16)(H,17,18). The number of benzene rings is 1. The molecule has 0 aliphatic carbocycles. The number of halogens is 2. The van der Waals surface area contributed by atoms with Crippen LogP contribution in [0.1, 0.15) is 20.3 Å². The Kier molecular flexibility index (Phi) is 3.91. The van der Waals surface area contributed by atoms with Gasteiger partial charge in [0, 0.05) is 9.85 Å². The van der Waals surface area contributed by atoms with Crippen molar-refractivity contribution in [1.82, 2.24) is 4.98 Å². The Bertz CT molecular complexity index is 659. The smallest absolute Gasteiger partial charge is 0.355 e. The van der Waals surface area contributed by atoms with Crippen LogP contribution in [0.25, 0.3) is 0 Å². The topological polar surface area (TPSA) is 79.3 Å². The highest BCUT2D eigenvalue weighted by molar-refractivity contribution is 9.10. The molecular formula is C11H6BrFN2O3S. The molecule has 1 heterocycles. The minimum Gasteiger partial charge on any atom is -0.476 e. The molecule has 98 valence electrons. The Morgan fingerprint density at radius 3 is 2.79 bits per heavy atom. The first-order valence-corrected chi connectivity index (χ1v) is 6.60. The van der Waals surface area contributed by atoms with Gasteiger partial charge >= 0.3 is 5.97 Å². The average Bonchev–Trinajstić information content (AvgIpc) is 2.83. The van der Waals surface area contributed by atoms with Crippen LogP contribution in [0, 0.1) is 5.82 Å². The Labute approximate surface area is 119 Å². The van der Waals surface area contributed by atoms with Crippen LogP contribution in [0.3, 0.4) is 0 Å².